The highest BCUT2D eigenvalue weighted by molar-refractivity contribution is 9.10. The summed E-state index contributed by atoms with van der Waals surface area (Å²) in [5.41, 5.74) is 12.7. The van der Waals surface area contributed by atoms with Crippen LogP contribution in [0.2, 0.25) is 0 Å². The summed E-state index contributed by atoms with van der Waals surface area (Å²) < 4.78 is 11.9. The Kier molecular flexibility index (Phi) is 8.21. The number of halogens is 1. The fourth-order valence-electron chi connectivity index (χ4n) is 2.93. The zero-order valence-electron chi connectivity index (χ0n) is 18.1. The van der Waals surface area contributed by atoms with Gasteiger partial charge in [0, 0.05) is 28.2 Å². The second-order valence-electron chi connectivity index (χ2n) is 7.36. The van der Waals surface area contributed by atoms with E-state index in [0.29, 0.717) is 18.2 Å². The van der Waals surface area contributed by atoms with Crippen LogP contribution in [-0.2, 0) is 6.54 Å². The van der Waals surface area contributed by atoms with Crippen LogP contribution in [0.15, 0.2) is 58.2 Å². The lowest BCUT2D eigenvalue weighted by atomic mass is 10.0. The monoisotopic (exact) mass is 458 g/mol. The van der Waals surface area contributed by atoms with Crippen LogP contribution in [0.3, 0.4) is 0 Å². The second kappa shape index (κ2) is 10.4. The van der Waals surface area contributed by atoms with E-state index in [1.807, 2.05) is 24.3 Å². The lowest BCUT2D eigenvalue weighted by Crippen LogP contribution is -2.18. The topological polar surface area (TPSA) is 56.5 Å². The molecule has 4 nitrogen and oxygen atoms in total. The van der Waals surface area contributed by atoms with Crippen molar-refractivity contribution in [2.24, 2.45) is 11.7 Å². The third-order valence-electron chi connectivity index (χ3n) is 4.99. The van der Waals surface area contributed by atoms with Crippen LogP contribution < -0.4 is 20.5 Å². The predicted molar refractivity (Wildman–Crippen MR) is 125 cm³/mol. The number of methoxy groups -OCH3 is 2. The highest BCUT2D eigenvalue weighted by Gasteiger charge is 2.12. The lowest BCUT2D eigenvalue weighted by Gasteiger charge is -2.18. The molecule has 0 heterocycles. The van der Waals surface area contributed by atoms with Gasteiger partial charge in [0.05, 0.1) is 25.6 Å². The minimum atomic E-state index is 0.433. The van der Waals surface area contributed by atoms with Crippen LogP contribution in [0.5, 0.6) is 11.5 Å². The van der Waals surface area contributed by atoms with Gasteiger partial charge in [0.1, 0.15) is 11.5 Å². The Balaban J connectivity index is 2.45. The maximum absolute atomic E-state index is 6.55. The van der Waals surface area contributed by atoms with Gasteiger partial charge in [-0.15, -0.1) is 0 Å². The molecule has 0 spiro atoms. The molecule has 156 valence electrons. The van der Waals surface area contributed by atoms with Gasteiger partial charge in [-0.2, -0.15) is 0 Å². The molecule has 0 saturated carbocycles. The molecule has 0 radical (unpaired) electrons. The Bertz CT molecular complexity index is 917. The minimum absolute atomic E-state index is 0.433. The van der Waals surface area contributed by atoms with E-state index in [1.54, 1.807) is 14.2 Å². The highest BCUT2D eigenvalue weighted by Crippen LogP contribution is 2.27. The van der Waals surface area contributed by atoms with Crippen LogP contribution in [0, 0.1) is 12.8 Å². The minimum Gasteiger partial charge on any atom is -0.497 e. The van der Waals surface area contributed by atoms with Gasteiger partial charge in [-0.25, -0.2) is 0 Å². The zero-order chi connectivity index (χ0) is 21.6. The fourth-order valence-corrected chi connectivity index (χ4v) is 3.40. The Hall–Kier alpha value is -2.40. The maximum Gasteiger partial charge on any atom is 0.127 e. The van der Waals surface area contributed by atoms with Crippen LogP contribution in [0.1, 0.15) is 37.5 Å². The van der Waals surface area contributed by atoms with Gasteiger partial charge in [-0.1, -0.05) is 41.4 Å². The number of nitrogens with one attached hydrogen (secondary N) is 1. The van der Waals surface area contributed by atoms with Gasteiger partial charge in [0.15, 0.2) is 0 Å². The zero-order valence-corrected chi connectivity index (χ0v) is 19.7. The summed E-state index contributed by atoms with van der Waals surface area (Å²) in [7, 11) is 3.31. The number of ether oxygens (including phenoxy) is 2. The van der Waals surface area contributed by atoms with E-state index < -0.39 is 0 Å². The normalized spacial score (nSPS) is 12.6. The van der Waals surface area contributed by atoms with Crippen molar-refractivity contribution in [1.29, 1.82) is 0 Å². The quantitative estimate of drug-likeness (QED) is 0.491. The molecule has 3 N–H and O–H groups in total. The van der Waals surface area contributed by atoms with Crippen LogP contribution in [0.25, 0.3) is 5.70 Å². The second-order valence-corrected chi connectivity index (χ2v) is 8.28. The summed E-state index contributed by atoms with van der Waals surface area (Å²) in [6.45, 7) is 9.10. The number of benzene rings is 2. The molecular formula is C24H31BrN2O2. The number of aryl methyl sites for hydroxylation is 1. The third kappa shape index (κ3) is 6.04. The van der Waals surface area contributed by atoms with E-state index in [4.69, 9.17) is 15.2 Å². The highest BCUT2D eigenvalue weighted by atomic mass is 79.9. The van der Waals surface area contributed by atoms with Gasteiger partial charge in [0.25, 0.3) is 0 Å². The van der Waals surface area contributed by atoms with Crippen molar-refractivity contribution in [3.05, 3.63) is 74.9 Å². The lowest BCUT2D eigenvalue weighted by molar-refractivity contribution is 0.390. The van der Waals surface area contributed by atoms with Crippen LogP contribution in [-0.4, -0.2) is 14.2 Å². The summed E-state index contributed by atoms with van der Waals surface area (Å²) >= 11 is 3.54. The molecule has 2 aromatic rings. The van der Waals surface area contributed by atoms with Crippen molar-refractivity contribution in [2.45, 2.75) is 34.2 Å². The van der Waals surface area contributed by atoms with Gasteiger partial charge < -0.3 is 20.5 Å². The van der Waals surface area contributed by atoms with E-state index in [2.05, 4.69) is 67.2 Å². The van der Waals surface area contributed by atoms with Crippen LogP contribution in [0.4, 0.5) is 0 Å². The van der Waals surface area contributed by atoms with E-state index in [1.165, 1.54) is 5.57 Å². The average Bonchev–Trinajstić information content (AvgIpc) is 2.69. The van der Waals surface area contributed by atoms with Gasteiger partial charge in [-0.05, 0) is 55.7 Å². The molecule has 0 aliphatic rings. The molecule has 0 bridgehead atoms. The molecule has 5 heteroatoms. The number of allylic oxidation sites excluding steroid dienone is 2. The number of nitrogens with two attached hydrogens (primary N) is 1. The molecular weight excluding hydrogens is 428 g/mol. The van der Waals surface area contributed by atoms with E-state index in [9.17, 15) is 0 Å². The molecule has 2 aromatic carbocycles. The largest absolute Gasteiger partial charge is 0.497 e. The first-order valence-corrected chi connectivity index (χ1v) is 10.4. The van der Waals surface area contributed by atoms with Crippen molar-refractivity contribution in [2.75, 3.05) is 14.2 Å². The van der Waals surface area contributed by atoms with Gasteiger partial charge in [0.2, 0.25) is 0 Å². The molecule has 0 unspecified atom stereocenters. The Labute approximate surface area is 182 Å². The van der Waals surface area contributed by atoms with Gasteiger partial charge >= 0.3 is 0 Å². The molecule has 0 aliphatic carbocycles. The van der Waals surface area contributed by atoms with E-state index in [0.717, 1.165) is 38.4 Å². The third-order valence-corrected chi connectivity index (χ3v) is 5.48. The standard InChI is InChI=1S/C24H31BrN2O2/c1-15(2)16(3)12-22(26)24(21-10-8-19(25)11-17(21)4)27-14-18-7-9-20(28-5)13-23(18)29-6/h7-13,15,27H,14,26H2,1-6H3/b16-12?,24-22-. The molecule has 0 aliphatic heterocycles. The van der Waals surface area contributed by atoms with Crippen molar-refractivity contribution in [3.8, 4) is 11.5 Å². The number of hydrogen-bond acceptors (Lipinski definition) is 4. The van der Waals surface area contributed by atoms with E-state index >= 15 is 0 Å². The molecule has 0 atom stereocenters. The smallest absolute Gasteiger partial charge is 0.127 e. The summed E-state index contributed by atoms with van der Waals surface area (Å²) in [6.07, 6.45) is 2.06. The first kappa shape index (κ1) is 22.9. The molecule has 0 aromatic heterocycles. The Morgan fingerprint density at radius 2 is 1.86 bits per heavy atom. The van der Waals surface area contributed by atoms with Crippen LogP contribution >= 0.6 is 15.9 Å². The average molecular weight is 459 g/mol. The SMILES string of the molecule is COc1ccc(CN/C(=C(\N)C=C(C)C(C)C)c2ccc(Br)cc2C)c(OC)c1. The number of hydrogen-bond donors (Lipinski definition) is 2. The van der Waals surface area contributed by atoms with Crippen molar-refractivity contribution in [1.82, 2.24) is 5.32 Å². The molecule has 2 rings (SSSR count). The predicted octanol–water partition coefficient (Wildman–Crippen LogP) is 5.79. The molecule has 0 amide bonds. The fraction of sp³-hybridized carbons (Fsp3) is 0.333. The van der Waals surface area contributed by atoms with Crippen molar-refractivity contribution < 1.29 is 9.47 Å². The summed E-state index contributed by atoms with van der Waals surface area (Å²) in [5.74, 6) is 1.97. The first-order chi connectivity index (χ1) is 13.8. The molecule has 0 saturated heterocycles. The summed E-state index contributed by atoms with van der Waals surface area (Å²) in [5, 5.41) is 3.54. The van der Waals surface area contributed by atoms with E-state index in [-0.39, 0.29) is 0 Å². The van der Waals surface area contributed by atoms with Crippen molar-refractivity contribution >= 4 is 21.6 Å². The summed E-state index contributed by atoms with van der Waals surface area (Å²) in [6, 6.07) is 12.0. The van der Waals surface area contributed by atoms with Gasteiger partial charge in [-0.3, -0.25) is 0 Å². The Morgan fingerprint density at radius 3 is 2.45 bits per heavy atom. The first-order valence-electron chi connectivity index (χ1n) is 9.66. The molecule has 29 heavy (non-hydrogen) atoms. The maximum atomic E-state index is 6.55. The summed E-state index contributed by atoms with van der Waals surface area (Å²) in [4.78, 5) is 0. The molecule has 0 fully saturated rings. The van der Waals surface area contributed by atoms with Crippen molar-refractivity contribution in [3.63, 3.8) is 0 Å². The Morgan fingerprint density at radius 1 is 1.14 bits per heavy atom. The number of rotatable bonds is 8.